The highest BCUT2D eigenvalue weighted by atomic mass is 32.2. The van der Waals surface area contributed by atoms with Crippen LogP contribution in [-0.2, 0) is 27.7 Å². The molecule has 0 bridgehead atoms. The van der Waals surface area contributed by atoms with Crippen LogP contribution < -0.4 is 4.72 Å². The fourth-order valence-electron chi connectivity index (χ4n) is 2.97. The molecule has 0 saturated carbocycles. The largest absolute Gasteiger partial charge is 0.375 e. The summed E-state index contributed by atoms with van der Waals surface area (Å²) < 4.78 is 33.6. The fraction of sp³-hybridized carbons (Fsp3) is 0.375. The van der Waals surface area contributed by atoms with Gasteiger partial charge in [0.25, 0.3) is 0 Å². The number of methoxy groups -OCH3 is 1. The summed E-state index contributed by atoms with van der Waals surface area (Å²) in [5, 5.41) is 3.34. The first-order valence-corrected chi connectivity index (χ1v) is 9.71. The quantitative estimate of drug-likeness (QED) is 0.913. The lowest BCUT2D eigenvalue weighted by atomic mass is 9.89. The van der Waals surface area contributed by atoms with E-state index in [4.69, 9.17) is 4.74 Å². The minimum Gasteiger partial charge on any atom is -0.375 e. The van der Waals surface area contributed by atoms with E-state index in [-0.39, 0.29) is 0 Å². The molecule has 1 aromatic carbocycles. The third-order valence-corrected chi connectivity index (χ3v) is 6.67. The Balaban J connectivity index is 1.81. The van der Waals surface area contributed by atoms with Crippen molar-refractivity contribution in [1.29, 1.82) is 0 Å². The molecule has 0 saturated heterocycles. The van der Waals surface area contributed by atoms with E-state index in [9.17, 15) is 8.42 Å². The lowest BCUT2D eigenvalue weighted by Crippen LogP contribution is -2.41. The van der Waals surface area contributed by atoms with Crippen molar-refractivity contribution in [2.45, 2.75) is 30.7 Å². The molecule has 2 aromatic rings. The molecule has 0 spiro atoms. The molecular weight excluding hydrogens is 318 g/mol. The Kier molecular flexibility index (Phi) is 4.63. The molecule has 1 aromatic heterocycles. The van der Waals surface area contributed by atoms with E-state index in [1.165, 1.54) is 5.56 Å². The van der Waals surface area contributed by atoms with Gasteiger partial charge in [-0.25, -0.2) is 13.1 Å². The van der Waals surface area contributed by atoms with Gasteiger partial charge in [-0.3, -0.25) is 0 Å². The first kappa shape index (κ1) is 15.7. The highest BCUT2D eigenvalue weighted by Crippen LogP contribution is 2.35. The van der Waals surface area contributed by atoms with Crippen LogP contribution in [0.15, 0.2) is 41.1 Å². The number of ether oxygens (including phenoxy) is 1. The maximum atomic E-state index is 12.7. The molecule has 2 atom stereocenters. The topological polar surface area (TPSA) is 55.4 Å². The molecule has 1 heterocycles. The summed E-state index contributed by atoms with van der Waals surface area (Å²) in [6.07, 6.45) is 0.930. The summed E-state index contributed by atoms with van der Waals surface area (Å²) in [5.74, 6) is 0. The molecular formula is C16H19NO3S2. The van der Waals surface area contributed by atoms with Crippen molar-refractivity contribution in [2.24, 2.45) is 0 Å². The third-order valence-electron chi connectivity index (χ3n) is 4.11. The predicted molar refractivity (Wildman–Crippen MR) is 88.4 cm³/mol. The number of nitrogens with one attached hydrogen (secondary N) is 1. The SMILES string of the molecule is COC1c2ccccc2CCC1S(=O)(=O)NCc1ccsc1. The van der Waals surface area contributed by atoms with Crippen molar-refractivity contribution >= 4 is 21.4 Å². The zero-order valence-corrected chi connectivity index (χ0v) is 14.0. The number of thiophene rings is 1. The molecule has 1 N–H and O–H groups in total. The number of hydrogen-bond acceptors (Lipinski definition) is 4. The predicted octanol–water partition coefficient (Wildman–Crippen LogP) is 2.87. The average molecular weight is 337 g/mol. The van der Waals surface area contributed by atoms with E-state index in [0.717, 1.165) is 17.5 Å². The molecule has 0 fully saturated rings. The van der Waals surface area contributed by atoms with Gasteiger partial charge in [0.1, 0.15) is 11.4 Å². The Bertz CT molecular complexity index is 726. The Morgan fingerprint density at radius 2 is 2.14 bits per heavy atom. The van der Waals surface area contributed by atoms with Crippen LogP contribution in [0.2, 0.25) is 0 Å². The van der Waals surface area contributed by atoms with E-state index in [2.05, 4.69) is 4.72 Å². The van der Waals surface area contributed by atoms with E-state index in [1.807, 2.05) is 41.1 Å². The molecule has 6 heteroatoms. The molecule has 3 rings (SSSR count). The van der Waals surface area contributed by atoms with E-state index in [1.54, 1.807) is 18.4 Å². The van der Waals surface area contributed by atoms with Gasteiger partial charge >= 0.3 is 0 Å². The Hall–Kier alpha value is -1.21. The molecule has 1 aliphatic rings. The minimum absolute atomic E-state index is 0.334. The van der Waals surface area contributed by atoms with Gasteiger partial charge in [0.2, 0.25) is 10.0 Å². The molecule has 0 aliphatic heterocycles. The molecule has 0 amide bonds. The summed E-state index contributed by atoms with van der Waals surface area (Å²) >= 11 is 1.56. The molecule has 0 radical (unpaired) electrons. The van der Waals surface area contributed by atoms with Gasteiger partial charge in [0, 0.05) is 13.7 Å². The van der Waals surface area contributed by atoms with Gasteiger partial charge < -0.3 is 4.74 Å². The summed E-state index contributed by atoms with van der Waals surface area (Å²) in [4.78, 5) is 0. The lowest BCUT2D eigenvalue weighted by Gasteiger charge is -2.32. The van der Waals surface area contributed by atoms with E-state index < -0.39 is 21.4 Å². The van der Waals surface area contributed by atoms with Crippen molar-refractivity contribution in [3.63, 3.8) is 0 Å². The van der Waals surface area contributed by atoms with Crippen LogP contribution >= 0.6 is 11.3 Å². The molecule has 118 valence electrons. The van der Waals surface area contributed by atoms with Crippen LogP contribution in [0.3, 0.4) is 0 Å². The first-order valence-electron chi connectivity index (χ1n) is 7.22. The monoisotopic (exact) mass is 337 g/mol. The van der Waals surface area contributed by atoms with Crippen LogP contribution in [0.25, 0.3) is 0 Å². The zero-order valence-electron chi connectivity index (χ0n) is 12.4. The second-order valence-corrected chi connectivity index (χ2v) is 8.19. The number of fused-ring (bicyclic) bond motifs is 1. The highest BCUT2D eigenvalue weighted by molar-refractivity contribution is 7.90. The number of sulfonamides is 1. The van der Waals surface area contributed by atoms with E-state index >= 15 is 0 Å². The van der Waals surface area contributed by atoms with Crippen LogP contribution in [0.5, 0.6) is 0 Å². The number of benzene rings is 1. The summed E-state index contributed by atoms with van der Waals surface area (Å²) in [7, 11) is -1.86. The normalized spacial score (nSPS) is 21.5. The van der Waals surface area contributed by atoms with Crippen molar-refractivity contribution in [2.75, 3.05) is 7.11 Å². The van der Waals surface area contributed by atoms with Crippen LogP contribution in [0.1, 0.15) is 29.2 Å². The Morgan fingerprint density at radius 1 is 1.32 bits per heavy atom. The Morgan fingerprint density at radius 3 is 2.86 bits per heavy atom. The van der Waals surface area contributed by atoms with Gasteiger partial charge in [0.05, 0.1) is 0 Å². The number of aryl methyl sites for hydroxylation is 1. The smallest absolute Gasteiger partial charge is 0.217 e. The first-order chi connectivity index (χ1) is 10.6. The number of hydrogen-bond donors (Lipinski definition) is 1. The number of rotatable bonds is 5. The molecule has 4 nitrogen and oxygen atoms in total. The standard InChI is InChI=1S/C16H19NO3S2/c1-20-16-14-5-3-2-4-13(14)6-7-15(16)22(18,19)17-10-12-8-9-21-11-12/h2-5,8-9,11,15-17H,6-7,10H2,1H3. The van der Waals surface area contributed by atoms with Gasteiger partial charge in [-0.1, -0.05) is 24.3 Å². The highest BCUT2D eigenvalue weighted by Gasteiger charge is 2.38. The van der Waals surface area contributed by atoms with Crippen LogP contribution in [-0.4, -0.2) is 20.8 Å². The average Bonchev–Trinajstić information content (AvgIpc) is 3.05. The Labute approximate surface area is 135 Å². The van der Waals surface area contributed by atoms with Gasteiger partial charge in [0.15, 0.2) is 0 Å². The maximum Gasteiger partial charge on any atom is 0.217 e. The van der Waals surface area contributed by atoms with Crippen LogP contribution in [0, 0.1) is 0 Å². The van der Waals surface area contributed by atoms with Gasteiger partial charge in [-0.05, 0) is 46.4 Å². The summed E-state index contributed by atoms with van der Waals surface area (Å²) in [6, 6.07) is 9.85. The van der Waals surface area contributed by atoms with Crippen molar-refractivity contribution in [3.05, 3.63) is 57.8 Å². The lowest BCUT2D eigenvalue weighted by molar-refractivity contribution is 0.0904. The third kappa shape index (κ3) is 3.10. The van der Waals surface area contributed by atoms with Crippen molar-refractivity contribution in [1.82, 2.24) is 4.72 Å². The van der Waals surface area contributed by atoms with E-state index in [0.29, 0.717) is 13.0 Å². The second-order valence-electron chi connectivity index (χ2n) is 5.43. The summed E-state index contributed by atoms with van der Waals surface area (Å²) in [6.45, 7) is 0.334. The minimum atomic E-state index is -3.43. The van der Waals surface area contributed by atoms with Gasteiger partial charge in [-0.2, -0.15) is 11.3 Å². The zero-order chi connectivity index (χ0) is 15.6. The van der Waals surface area contributed by atoms with Crippen molar-refractivity contribution in [3.8, 4) is 0 Å². The maximum absolute atomic E-state index is 12.7. The second kappa shape index (κ2) is 6.50. The van der Waals surface area contributed by atoms with Gasteiger partial charge in [-0.15, -0.1) is 0 Å². The van der Waals surface area contributed by atoms with Crippen LogP contribution in [0.4, 0.5) is 0 Å². The summed E-state index contributed by atoms with van der Waals surface area (Å²) in [5.41, 5.74) is 3.15. The van der Waals surface area contributed by atoms with Crippen molar-refractivity contribution < 1.29 is 13.2 Å². The molecule has 22 heavy (non-hydrogen) atoms. The molecule has 2 unspecified atom stereocenters. The molecule has 1 aliphatic carbocycles. The fourth-order valence-corrected chi connectivity index (χ4v) is 5.23.